The van der Waals surface area contributed by atoms with Gasteiger partial charge in [0.1, 0.15) is 11.5 Å². The molecule has 0 radical (unpaired) electrons. The number of anilines is 2. The van der Waals surface area contributed by atoms with Crippen molar-refractivity contribution in [1.82, 2.24) is 0 Å². The predicted octanol–water partition coefficient (Wildman–Crippen LogP) is 6.53. The SMILES string of the molecule is Cc1cc(Br)cc(C)c1OC(C)C(=O)Nc1ccc(NC(=O)C(C)Oc2ccccc2Cl)cc1. The standard InChI is InChI=1S/C26H26BrClN2O4/c1-15-13-19(27)14-16(2)24(15)34-18(4)26(32)30-21-11-9-20(10-12-21)29-25(31)17(3)33-23-8-6-5-7-22(23)28/h5-14,17-18H,1-4H3,(H,29,31)(H,30,32). The van der Waals surface area contributed by atoms with E-state index in [-0.39, 0.29) is 11.8 Å². The lowest BCUT2D eigenvalue weighted by atomic mass is 10.1. The normalized spacial score (nSPS) is 12.4. The smallest absolute Gasteiger partial charge is 0.265 e. The van der Waals surface area contributed by atoms with Crippen molar-refractivity contribution in [3.05, 3.63) is 81.3 Å². The molecule has 0 aliphatic carbocycles. The van der Waals surface area contributed by atoms with Crippen LogP contribution in [0.15, 0.2) is 65.1 Å². The van der Waals surface area contributed by atoms with Crippen molar-refractivity contribution < 1.29 is 19.1 Å². The molecular weight excluding hydrogens is 520 g/mol. The van der Waals surface area contributed by atoms with Gasteiger partial charge in [0, 0.05) is 15.8 Å². The zero-order valence-corrected chi connectivity index (χ0v) is 21.7. The monoisotopic (exact) mass is 544 g/mol. The topological polar surface area (TPSA) is 76.7 Å². The number of ether oxygens (including phenoxy) is 2. The van der Waals surface area contributed by atoms with Gasteiger partial charge in [-0.25, -0.2) is 0 Å². The first-order chi connectivity index (χ1) is 16.1. The maximum absolute atomic E-state index is 12.6. The number of halogens is 2. The lowest BCUT2D eigenvalue weighted by Gasteiger charge is -2.18. The van der Waals surface area contributed by atoms with Crippen LogP contribution in [0.4, 0.5) is 11.4 Å². The molecule has 8 heteroatoms. The highest BCUT2D eigenvalue weighted by Gasteiger charge is 2.19. The molecule has 2 unspecified atom stereocenters. The van der Waals surface area contributed by atoms with E-state index in [4.69, 9.17) is 21.1 Å². The van der Waals surface area contributed by atoms with Crippen molar-refractivity contribution in [2.75, 3.05) is 10.6 Å². The molecule has 2 atom stereocenters. The second-order valence-electron chi connectivity index (χ2n) is 7.88. The molecule has 2 N–H and O–H groups in total. The fraction of sp³-hybridized carbons (Fsp3) is 0.231. The van der Waals surface area contributed by atoms with Crippen molar-refractivity contribution in [2.45, 2.75) is 39.9 Å². The minimum atomic E-state index is -0.747. The summed E-state index contributed by atoms with van der Waals surface area (Å²) in [5.41, 5.74) is 3.05. The Labute approximate surface area is 212 Å². The summed E-state index contributed by atoms with van der Waals surface area (Å²) in [4.78, 5) is 25.1. The Morgan fingerprint density at radius 2 is 1.29 bits per heavy atom. The van der Waals surface area contributed by atoms with Crippen molar-refractivity contribution in [1.29, 1.82) is 0 Å². The highest BCUT2D eigenvalue weighted by Crippen LogP contribution is 2.28. The molecule has 0 bridgehead atoms. The number of para-hydroxylation sites is 1. The molecule has 0 aliphatic rings. The Bertz CT molecular complexity index is 1160. The second-order valence-corrected chi connectivity index (χ2v) is 9.20. The van der Waals surface area contributed by atoms with Crippen molar-refractivity contribution >= 4 is 50.7 Å². The van der Waals surface area contributed by atoms with Gasteiger partial charge in [0.15, 0.2) is 12.2 Å². The first-order valence-electron chi connectivity index (χ1n) is 10.7. The Morgan fingerprint density at radius 3 is 1.79 bits per heavy atom. The summed E-state index contributed by atoms with van der Waals surface area (Å²) >= 11 is 9.54. The van der Waals surface area contributed by atoms with Crippen LogP contribution in [-0.4, -0.2) is 24.0 Å². The third-order valence-electron chi connectivity index (χ3n) is 5.02. The van der Waals surface area contributed by atoms with Gasteiger partial charge in [-0.2, -0.15) is 0 Å². The molecule has 0 heterocycles. The largest absolute Gasteiger partial charge is 0.480 e. The fourth-order valence-electron chi connectivity index (χ4n) is 3.22. The lowest BCUT2D eigenvalue weighted by Crippen LogP contribution is -2.31. The number of carbonyl (C=O) groups is 2. The van der Waals surface area contributed by atoms with Gasteiger partial charge in [-0.05, 0) is 87.4 Å². The molecule has 0 aromatic heterocycles. The van der Waals surface area contributed by atoms with E-state index < -0.39 is 12.2 Å². The first kappa shape index (κ1) is 25.6. The number of hydrogen-bond donors (Lipinski definition) is 2. The third kappa shape index (κ3) is 6.74. The Balaban J connectivity index is 1.55. The molecule has 178 valence electrons. The number of amides is 2. The molecule has 6 nitrogen and oxygen atoms in total. The van der Waals surface area contributed by atoms with Crippen LogP contribution in [0.2, 0.25) is 5.02 Å². The second kappa shape index (κ2) is 11.4. The van der Waals surface area contributed by atoms with E-state index in [1.54, 1.807) is 62.4 Å². The van der Waals surface area contributed by atoms with Gasteiger partial charge in [-0.3, -0.25) is 9.59 Å². The predicted molar refractivity (Wildman–Crippen MR) is 139 cm³/mol. The summed E-state index contributed by atoms with van der Waals surface area (Å²) in [6, 6.07) is 17.7. The minimum Gasteiger partial charge on any atom is -0.480 e. The van der Waals surface area contributed by atoms with E-state index in [0.717, 1.165) is 15.6 Å². The molecule has 0 fully saturated rings. The summed E-state index contributed by atoms with van der Waals surface area (Å²) in [6.45, 7) is 7.21. The summed E-state index contributed by atoms with van der Waals surface area (Å²) in [7, 11) is 0. The van der Waals surface area contributed by atoms with E-state index in [2.05, 4.69) is 26.6 Å². The van der Waals surface area contributed by atoms with Crippen molar-refractivity contribution in [3.63, 3.8) is 0 Å². The van der Waals surface area contributed by atoms with Crippen LogP contribution < -0.4 is 20.1 Å². The number of rotatable bonds is 8. The third-order valence-corrected chi connectivity index (χ3v) is 5.79. The number of hydrogen-bond acceptors (Lipinski definition) is 4. The van der Waals surface area contributed by atoms with Gasteiger partial charge in [0.05, 0.1) is 5.02 Å². The van der Waals surface area contributed by atoms with E-state index in [1.165, 1.54) is 0 Å². The average molecular weight is 546 g/mol. The molecule has 0 aliphatic heterocycles. The Kier molecular flexibility index (Phi) is 8.58. The maximum atomic E-state index is 12.6. The van der Waals surface area contributed by atoms with Crippen LogP contribution in [0.3, 0.4) is 0 Å². The molecule has 0 saturated carbocycles. The maximum Gasteiger partial charge on any atom is 0.265 e. The molecule has 0 saturated heterocycles. The van der Waals surface area contributed by atoms with Crippen LogP contribution in [-0.2, 0) is 9.59 Å². The van der Waals surface area contributed by atoms with E-state index in [1.807, 2.05) is 26.0 Å². The van der Waals surface area contributed by atoms with Gasteiger partial charge >= 0.3 is 0 Å². The Morgan fingerprint density at radius 1 is 0.824 bits per heavy atom. The highest BCUT2D eigenvalue weighted by atomic mass is 79.9. The van der Waals surface area contributed by atoms with Gasteiger partial charge in [0.25, 0.3) is 11.8 Å². The van der Waals surface area contributed by atoms with Crippen LogP contribution in [0.1, 0.15) is 25.0 Å². The van der Waals surface area contributed by atoms with Gasteiger partial charge < -0.3 is 20.1 Å². The molecular formula is C26H26BrClN2O4. The minimum absolute atomic E-state index is 0.278. The number of aryl methyl sites for hydroxylation is 2. The molecule has 3 aromatic rings. The van der Waals surface area contributed by atoms with Gasteiger partial charge in [-0.1, -0.05) is 39.7 Å². The highest BCUT2D eigenvalue weighted by molar-refractivity contribution is 9.10. The number of benzene rings is 3. The fourth-order valence-corrected chi connectivity index (χ4v) is 4.09. The van der Waals surface area contributed by atoms with Crippen LogP contribution >= 0.6 is 27.5 Å². The van der Waals surface area contributed by atoms with Crippen LogP contribution in [0.25, 0.3) is 0 Å². The zero-order valence-electron chi connectivity index (χ0n) is 19.3. The zero-order chi connectivity index (χ0) is 24.8. The molecule has 0 spiro atoms. The molecule has 3 rings (SSSR count). The number of nitrogens with one attached hydrogen (secondary N) is 2. The molecule has 3 aromatic carbocycles. The van der Waals surface area contributed by atoms with Gasteiger partial charge in [0.2, 0.25) is 0 Å². The summed E-state index contributed by atoms with van der Waals surface area (Å²) in [5, 5.41) is 6.05. The lowest BCUT2D eigenvalue weighted by molar-refractivity contribution is -0.122. The van der Waals surface area contributed by atoms with E-state index in [9.17, 15) is 9.59 Å². The van der Waals surface area contributed by atoms with E-state index >= 15 is 0 Å². The summed E-state index contributed by atoms with van der Waals surface area (Å²) in [6.07, 6.45) is -1.44. The van der Waals surface area contributed by atoms with Crippen molar-refractivity contribution in [2.24, 2.45) is 0 Å². The van der Waals surface area contributed by atoms with Crippen molar-refractivity contribution in [3.8, 4) is 11.5 Å². The number of carbonyl (C=O) groups excluding carboxylic acids is 2. The van der Waals surface area contributed by atoms with E-state index in [0.29, 0.717) is 27.9 Å². The molecule has 2 amide bonds. The quantitative estimate of drug-likeness (QED) is 0.337. The molecule has 34 heavy (non-hydrogen) atoms. The van der Waals surface area contributed by atoms with Crippen LogP contribution in [0.5, 0.6) is 11.5 Å². The Hall–Kier alpha value is -3.03. The van der Waals surface area contributed by atoms with Gasteiger partial charge in [-0.15, -0.1) is 0 Å². The van der Waals surface area contributed by atoms with Crippen LogP contribution in [0, 0.1) is 13.8 Å². The first-order valence-corrected chi connectivity index (χ1v) is 11.9. The summed E-state index contributed by atoms with van der Waals surface area (Å²) < 4.78 is 12.5. The summed E-state index contributed by atoms with van der Waals surface area (Å²) in [5.74, 6) is 0.533. The average Bonchev–Trinajstić information content (AvgIpc) is 2.78.